The Labute approximate surface area is 187 Å². The Balaban J connectivity index is 1.67. The van der Waals surface area contributed by atoms with E-state index >= 15 is 0 Å². The molecule has 0 fully saturated rings. The Hall–Kier alpha value is -3.05. The molecule has 1 aromatic carbocycles. The molecule has 9 nitrogen and oxygen atoms in total. The third kappa shape index (κ3) is 5.98. The van der Waals surface area contributed by atoms with Crippen LogP contribution in [0.3, 0.4) is 0 Å². The SMILES string of the molecule is C=CCn1c(CSc2nc(C)cc(C)n2)nnc1SCC(=O)c1ccc([N+](=O)[O-])cc1. The number of carbonyl (C=O) groups excluding carboxylic acids is 1. The molecule has 0 aliphatic rings. The van der Waals surface area contributed by atoms with Crippen LogP contribution in [0.15, 0.2) is 53.3 Å². The summed E-state index contributed by atoms with van der Waals surface area (Å²) in [7, 11) is 0. The minimum atomic E-state index is -0.497. The monoisotopic (exact) mass is 456 g/mol. The van der Waals surface area contributed by atoms with E-state index < -0.39 is 4.92 Å². The van der Waals surface area contributed by atoms with Crippen molar-refractivity contribution >= 4 is 35.0 Å². The first-order valence-corrected chi connectivity index (χ1v) is 11.2. The molecular weight excluding hydrogens is 436 g/mol. The number of Topliss-reactive ketones (excluding diaryl/α,β-unsaturated/α-hetero) is 1. The van der Waals surface area contributed by atoms with Gasteiger partial charge >= 0.3 is 0 Å². The lowest BCUT2D eigenvalue weighted by atomic mass is 10.1. The average Bonchev–Trinajstić information content (AvgIpc) is 3.11. The summed E-state index contributed by atoms with van der Waals surface area (Å²) >= 11 is 2.73. The van der Waals surface area contributed by atoms with Gasteiger partial charge < -0.3 is 4.57 Å². The molecule has 0 aliphatic heterocycles. The van der Waals surface area contributed by atoms with Crippen LogP contribution in [0.25, 0.3) is 0 Å². The maximum absolute atomic E-state index is 12.5. The summed E-state index contributed by atoms with van der Waals surface area (Å²) in [6, 6.07) is 7.48. The van der Waals surface area contributed by atoms with E-state index in [1.54, 1.807) is 6.08 Å². The number of nitro groups is 1. The van der Waals surface area contributed by atoms with Crippen LogP contribution in [0.1, 0.15) is 27.6 Å². The minimum absolute atomic E-state index is 0.0511. The number of hydrogen-bond acceptors (Lipinski definition) is 9. The number of nitrogens with zero attached hydrogens (tertiary/aromatic N) is 6. The molecule has 0 bridgehead atoms. The van der Waals surface area contributed by atoms with Crippen LogP contribution in [0.2, 0.25) is 0 Å². The highest BCUT2D eigenvalue weighted by Crippen LogP contribution is 2.24. The Morgan fingerprint density at radius 3 is 2.45 bits per heavy atom. The largest absolute Gasteiger partial charge is 0.301 e. The van der Waals surface area contributed by atoms with Crippen molar-refractivity contribution in [1.82, 2.24) is 24.7 Å². The summed E-state index contributed by atoms with van der Waals surface area (Å²) in [5, 5.41) is 20.5. The topological polar surface area (TPSA) is 117 Å². The van der Waals surface area contributed by atoms with Gasteiger partial charge in [0.05, 0.1) is 16.4 Å². The number of allylic oxidation sites excluding steroid dienone is 1. The number of non-ortho nitro benzene ring substituents is 1. The molecule has 0 unspecified atom stereocenters. The van der Waals surface area contributed by atoms with Gasteiger partial charge in [0.15, 0.2) is 16.1 Å². The van der Waals surface area contributed by atoms with Gasteiger partial charge in [0.25, 0.3) is 5.69 Å². The number of nitro benzene ring substituents is 1. The molecule has 11 heteroatoms. The minimum Gasteiger partial charge on any atom is -0.301 e. The van der Waals surface area contributed by atoms with Gasteiger partial charge in [-0.3, -0.25) is 14.9 Å². The van der Waals surface area contributed by atoms with E-state index in [1.807, 2.05) is 24.5 Å². The fraction of sp³-hybridized carbons (Fsp3) is 0.250. The second kappa shape index (κ2) is 10.3. The van der Waals surface area contributed by atoms with Gasteiger partial charge in [-0.2, -0.15) is 0 Å². The number of aromatic nitrogens is 5. The fourth-order valence-corrected chi connectivity index (χ4v) is 4.46. The zero-order valence-corrected chi connectivity index (χ0v) is 18.7. The summed E-state index contributed by atoms with van der Waals surface area (Å²) in [5.74, 6) is 1.26. The highest BCUT2D eigenvalue weighted by atomic mass is 32.2. The lowest BCUT2D eigenvalue weighted by Crippen LogP contribution is -2.06. The fourth-order valence-electron chi connectivity index (χ4n) is 2.71. The lowest BCUT2D eigenvalue weighted by Gasteiger charge is -2.07. The molecule has 3 rings (SSSR count). The molecular formula is C20H20N6O3S2. The molecule has 0 saturated carbocycles. The maximum atomic E-state index is 12.5. The molecule has 0 aliphatic carbocycles. The van der Waals surface area contributed by atoms with E-state index in [2.05, 4.69) is 26.7 Å². The van der Waals surface area contributed by atoms with E-state index in [1.165, 1.54) is 47.8 Å². The molecule has 0 amide bonds. The third-order valence-corrected chi connectivity index (χ3v) is 5.94. The standard InChI is InChI=1S/C20H20N6O3S2/c1-4-9-25-18(12-30-19-21-13(2)10-14(3)22-19)23-24-20(25)31-11-17(27)15-5-7-16(8-6-15)26(28)29/h4-8,10H,1,9,11-12H2,2-3H3. The van der Waals surface area contributed by atoms with Crippen molar-refractivity contribution in [3.63, 3.8) is 0 Å². The van der Waals surface area contributed by atoms with E-state index in [0.717, 1.165) is 17.2 Å². The van der Waals surface area contributed by atoms with Crippen molar-refractivity contribution in [3.05, 3.63) is 75.9 Å². The molecule has 0 saturated heterocycles. The number of rotatable bonds is 10. The highest BCUT2D eigenvalue weighted by molar-refractivity contribution is 7.99. The molecule has 31 heavy (non-hydrogen) atoms. The van der Waals surface area contributed by atoms with Crippen molar-refractivity contribution in [1.29, 1.82) is 0 Å². The van der Waals surface area contributed by atoms with E-state index in [9.17, 15) is 14.9 Å². The van der Waals surface area contributed by atoms with Crippen molar-refractivity contribution in [2.24, 2.45) is 0 Å². The van der Waals surface area contributed by atoms with E-state index in [4.69, 9.17) is 0 Å². The van der Waals surface area contributed by atoms with Gasteiger partial charge in [0.2, 0.25) is 0 Å². The first-order valence-electron chi connectivity index (χ1n) is 9.26. The number of benzene rings is 1. The van der Waals surface area contributed by atoms with Crippen LogP contribution < -0.4 is 0 Å². The molecule has 2 aromatic heterocycles. The van der Waals surface area contributed by atoms with Crippen LogP contribution >= 0.6 is 23.5 Å². The van der Waals surface area contributed by atoms with Gasteiger partial charge in [0.1, 0.15) is 5.82 Å². The zero-order chi connectivity index (χ0) is 22.4. The molecule has 0 atom stereocenters. The summed E-state index contributed by atoms with van der Waals surface area (Å²) in [5.41, 5.74) is 2.17. The summed E-state index contributed by atoms with van der Waals surface area (Å²) < 4.78 is 1.90. The maximum Gasteiger partial charge on any atom is 0.269 e. The number of thioether (sulfide) groups is 2. The molecule has 3 aromatic rings. The number of ketones is 1. The molecule has 2 heterocycles. The van der Waals surface area contributed by atoms with Crippen molar-refractivity contribution in [3.8, 4) is 0 Å². The number of hydrogen-bond donors (Lipinski definition) is 0. The highest BCUT2D eigenvalue weighted by Gasteiger charge is 2.16. The average molecular weight is 457 g/mol. The quantitative estimate of drug-likeness (QED) is 0.111. The van der Waals surface area contributed by atoms with Crippen LogP contribution in [-0.2, 0) is 12.3 Å². The first kappa shape index (κ1) is 22.6. The first-order chi connectivity index (χ1) is 14.9. The Bertz CT molecular complexity index is 1090. The molecule has 0 radical (unpaired) electrons. The summed E-state index contributed by atoms with van der Waals surface area (Å²) in [6.45, 7) is 8.14. The molecule has 0 spiro atoms. The smallest absolute Gasteiger partial charge is 0.269 e. The van der Waals surface area contributed by atoms with Gasteiger partial charge in [-0.1, -0.05) is 29.6 Å². The number of aryl methyl sites for hydroxylation is 2. The summed E-state index contributed by atoms with van der Waals surface area (Å²) in [4.78, 5) is 31.6. The van der Waals surface area contributed by atoms with Gasteiger partial charge in [-0.05, 0) is 32.0 Å². The zero-order valence-electron chi connectivity index (χ0n) is 17.0. The van der Waals surface area contributed by atoms with Gasteiger partial charge in [-0.25, -0.2) is 9.97 Å². The lowest BCUT2D eigenvalue weighted by molar-refractivity contribution is -0.384. The molecule has 160 valence electrons. The van der Waals surface area contributed by atoms with Crippen molar-refractivity contribution in [2.75, 3.05) is 5.75 Å². The van der Waals surface area contributed by atoms with E-state index in [-0.39, 0.29) is 17.2 Å². The predicted molar refractivity (Wildman–Crippen MR) is 119 cm³/mol. The Kier molecular flexibility index (Phi) is 7.53. The summed E-state index contributed by atoms with van der Waals surface area (Å²) in [6.07, 6.45) is 1.74. The predicted octanol–water partition coefficient (Wildman–Crippen LogP) is 4.05. The third-order valence-electron chi connectivity index (χ3n) is 4.13. The van der Waals surface area contributed by atoms with Crippen LogP contribution in [0.4, 0.5) is 5.69 Å². The van der Waals surface area contributed by atoms with Crippen molar-refractivity contribution < 1.29 is 9.72 Å². The molecule has 0 N–H and O–H groups in total. The second-order valence-electron chi connectivity index (χ2n) is 6.54. The van der Waals surface area contributed by atoms with Crippen LogP contribution in [0.5, 0.6) is 0 Å². The second-order valence-corrected chi connectivity index (χ2v) is 8.42. The Morgan fingerprint density at radius 2 is 1.84 bits per heavy atom. The van der Waals surface area contributed by atoms with Gasteiger partial charge in [-0.15, -0.1) is 16.8 Å². The Morgan fingerprint density at radius 1 is 1.16 bits per heavy atom. The van der Waals surface area contributed by atoms with Crippen LogP contribution in [-0.4, -0.2) is 41.2 Å². The van der Waals surface area contributed by atoms with Gasteiger partial charge in [0, 0.05) is 35.6 Å². The normalized spacial score (nSPS) is 10.8. The number of carbonyl (C=O) groups is 1. The van der Waals surface area contributed by atoms with Crippen molar-refractivity contribution in [2.45, 2.75) is 36.5 Å². The van der Waals surface area contributed by atoms with E-state index in [0.29, 0.717) is 28.2 Å². The van der Waals surface area contributed by atoms with Crippen LogP contribution in [0, 0.1) is 24.0 Å².